The van der Waals surface area contributed by atoms with E-state index in [1.54, 1.807) is 0 Å². The maximum atomic E-state index is 11.1. The molecule has 0 radical (unpaired) electrons. The van der Waals surface area contributed by atoms with E-state index in [1.165, 1.54) is 0 Å². The van der Waals surface area contributed by atoms with E-state index in [2.05, 4.69) is 0 Å². The SMILES string of the molecule is CCCCC(=N)ON1C(=O)CCC1=O. The number of rotatable bonds is 4. The molecule has 0 saturated carbocycles. The third-order valence-electron chi connectivity index (χ3n) is 1.96. The molecule has 0 atom stereocenters. The minimum Gasteiger partial charge on any atom is -0.354 e. The summed E-state index contributed by atoms with van der Waals surface area (Å²) in [7, 11) is 0. The smallest absolute Gasteiger partial charge is 0.263 e. The topological polar surface area (TPSA) is 70.5 Å². The van der Waals surface area contributed by atoms with Gasteiger partial charge in [-0.1, -0.05) is 13.3 Å². The molecule has 0 aliphatic carbocycles. The van der Waals surface area contributed by atoms with Crippen LogP contribution >= 0.6 is 0 Å². The first-order valence-electron chi connectivity index (χ1n) is 4.76. The van der Waals surface area contributed by atoms with E-state index >= 15 is 0 Å². The Bertz CT molecular complexity index is 247. The molecule has 2 amide bonds. The van der Waals surface area contributed by atoms with Crippen molar-refractivity contribution in [1.82, 2.24) is 5.06 Å². The number of hydrogen-bond donors (Lipinski definition) is 1. The summed E-state index contributed by atoms with van der Waals surface area (Å²) in [5.41, 5.74) is 0. The van der Waals surface area contributed by atoms with Crippen molar-refractivity contribution >= 4 is 17.7 Å². The molecule has 5 nitrogen and oxygen atoms in total. The maximum absolute atomic E-state index is 11.1. The van der Waals surface area contributed by atoms with Crippen molar-refractivity contribution < 1.29 is 14.4 Å². The number of imide groups is 1. The van der Waals surface area contributed by atoms with Gasteiger partial charge in [-0.3, -0.25) is 15.0 Å². The van der Waals surface area contributed by atoms with Gasteiger partial charge in [0.05, 0.1) is 0 Å². The number of nitrogens with zero attached hydrogens (tertiary/aromatic N) is 1. The van der Waals surface area contributed by atoms with Crippen LogP contribution in [0.4, 0.5) is 0 Å². The van der Waals surface area contributed by atoms with E-state index in [9.17, 15) is 9.59 Å². The number of carbonyl (C=O) groups is 2. The molecular formula is C9H14N2O3. The first-order chi connectivity index (χ1) is 6.65. The van der Waals surface area contributed by atoms with Crippen LogP contribution in [0.2, 0.25) is 0 Å². The molecule has 0 aromatic carbocycles. The molecule has 1 heterocycles. The van der Waals surface area contributed by atoms with Crippen molar-refractivity contribution in [1.29, 1.82) is 5.41 Å². The Morgan fingerprint density at radius 1 is 1.43 bits per heavy atom. The minimum absolute atomic E-state index is 0.0181. The van der Waals surface area contributed by atoms with Crippen LogP contribution in [-0.2, 0) is 14.4 Å². The van der Waals surface area contributed by atoms with Crippen molar-refractivity contribution in [3.63, 3.8) is 0 Å². The molecule has 1 fully saturated rings. The molecular weight excluding hydrogens is 184 g/mol. The number of hydroxylamine groups is 2. The van der Waals surface area contributed by atoms with Crippen LogP contribution in [-0.4, -0.2) is 22.8 Å². The molecule has 78 valence electrons. The molecule has 5 heteroatoms. The average molecular weight is 198 g/mol. The normalized spacial score (nSPS) is 16.2. The van der Waals surface area contributed by atoms with Gasteiger partial charge in [0.25, 0.3) is 11.8 Å². The second-order valence-electron chi connectivity index (χ2n) is 3.20. The summed E-state index contributed by atoms with van der Waals surface area (Å²) in [6.45, 7) is 2.00. The van der Waals surface area contributed by atoms with Gasteiger partial charge in [0, 0.05) is 19.3 Å². The molecule has 1 N–H and O–H groups in total. The molecule has 0 bridgehead atoms. The van der Waals surface area contributed by atoms with Gasteiger partial charge in [-0.15, -0.1) is 5.06 Å². The monoisotopic (exact) mass is 198 g/mol. The molecule has 1 aliphatic rings. The van der Waals surface area contributed by atoms with Crippen molar-refractivity contribution in [2.24, 2.45) is 0 Å². The van der Waals surface area contributed by atoms with Gasteiger partial charge in [0.2, 0.25) is 5.90 Å². The Kier molecular flexibility index (Phi) is 3.62. The quantitative estimate of drug-likeness (QED) is 0.419. The van der Waals surface area contributed by atoms with E-state index in [1.807, 2.05) is 6.92 Å². The molecule has 0 aromatic rings. The van der Waals surface area contributed by atoms with Crippen LogP contribution in [0, 0.1) is 5.41 Å². The van der Waals surface area contributed by atoms with Crippen LogP contribution in [0.25, 0.3) is 0 Å². The van der Waals surface area contributed by atoms with Crippen LogP contribution in [0.15, 0.2) is 0 Å². The lowest BCUT2D eigenvalue weighted by molar-refractivity contribution is -0.167. The second kappa shape index (κ2) is 4.74. The number of carbonyl (C=O) groups excluding carboxylic acids is 2. The lowest BCUT2D eigenvalue weighted by Gasteiger charge is -2.14. The van der Waals surface area contributed by atoms with Crippen LogP contribution in [0.3, 0.4) is 0 Å². The Hall–Kier alpha value is -1.39. The van der Waals surface area contributed by atoms with Gasteiger partial charge in [-0.05, 0) is 6.42 Å². The Balaban J connectivity index is 2.39. The number of nitrogens with one attached hydrogen (secondary N) is 1. The predicted molar refractivity (Wildman–Crippen MR) is 49.4 cm³/mol. The standard InChI is InChI=1S/C9H14N2O3/c1-2-3-4-7(10)14-11-8(12)5-6-9(11)13/h10H,2-6H2,1H3. The third kappa shape index (κ3) is 2.55. The largest absolute Gasteiger partial charge is 0.354 e. The molecule has 0 aromatic heterocycles. The van der Waals surface area contributed by atoms with E-state index in [4.69, 9.17) is 10.2 Å². The van der Waals surface area contributed by atoms with Gasteiger partial charge in [0.1, 0.15) is 0 Å². The fourth-order valence-electron chi connectivity index (χ4n) is 1.15. The summed E-state index contributed by atoms with van der Waals surface area (Å²) in [6, 6.07) is 0. The Morgan fingerprint density at radius 2 is 2.00 bits per heavy atom. The molecule has 1 saturated heterocycles. The van der Waals surface area contributed by atoms with Crippen LogP contribution in [0.5, 0.6) is 0 Å². The second-order valence-corrected chi connectivity index (χ2v) is 3.20. The van der Waals surface area contributed by atoms with E-state index in [0.717, 1.165) is 12.8 Å². The van der Waals surface area contributed by atoms with E-state index < -0.39 is 0 Å². The lowest BCUT2D eigenvalue weighted by Crippen LogP contribution is -2.31. The maximum Gasteiger partial charge on any atom is 0.263 e. The molecule has 14 heavy (non-hydrogen) atoms. The van der Waals surface area contributed by atoms with Crippen molar-refractivity contribution in [3.05, 3.63) is 0 Å². The summed E-state index contributed by atoms with van der Waals surface area (Å²) in [4.78, 5) is 27.0. The fraction of sp³-hybridized carbons (Fsp3) is 0.667. The van der Waals surface area contributed by atoms with Crippen LogP contribution < -0.4 is 0 Å². The lowest BCUT2D eigenvalue weighted by atomic mass is 10.2. The Labute approximate surface area is 82.5 Å². The highest BCUT2D eigenvalue weighted by atomic mass is 16.7. The van der Waals surface area contributed by atoms with E-state index in [-0.39, 0.29) is 30.6 Å². The summed E-state index contributed by atoms with van der Waals surface area (Å²) in [5.74, 6) is -0.719. The molecule has 0 spiro atoms. The van der Waals surface area contributed by atoms with Crippen LogP contribution in [0.1, 0.15) is 39.0 Å². The van der Waals surface area contributed by atoms with Gasteiger partial charge in [-0.25, -0.2) is 0 Å². The van der Waals surface area contributed by atoms with Gasteiger partial charge >= 0.3 is 0 Å². The molecule has 0 unspecified atom stereocenters. The zero-order chi connectivity index (χ0) is 10.6. The van der Waals surface area contributed by atoms with Crippen molar-refractivity contribution in [2.45, 2.75) is 39.0 Å². The highest BCUT2D eigenvalue weighted by Crippen LogP contribution is 2.13. The highest BCUT2D eigenvalue weighted by Gasteiger charge is 2.31. The zero-order valence-corrected chi connectivity index (χ0v) is 8.21. The summed E-state index contributed by atoms with van der Waals surface area (Å²) >= 11 is 0. The molecule has 1 rings (SSSR count). The van der Waals surface area contributed by atoms with Gasteiger partial charge in [-0.2, -0.15) is 0 Å². The van der Waals surface area contributed by atoms with E-state index in [0.29, 0.717) is 11.5 Å². The third-order valence-corrected chi connectivity index (χ3v) is 1.96. The fourth-order valence-corrected chi connectivity index (χ4v) is 1.15. The first kappa shape index (κ1) is 10.7. The summed E-state index contributed by atoms with van der Waals surface area (Å²) < 4.78 is 0. The van der Waals surface area contributed by atoms with Crippen molar-refractivity contribution in [3.8, 4) is 0 Å². The Morgan fingerprint density at radius 3 is 2.50 bits per heavy atom. The number of hydrogen-bond acceptors (Lipinski definition) is 4. The highest BCUT2D eigenvalue weighted by molar-refractivity contribution is 6.01. The summed E-state index contributed by atoms with van der Waals surface area (Å²) in [5, 5.41) is 8.07. The van der Waals surface area contributed by atoms with Gasteiger partial charge < -0.3 is 4.84 Å². The molecule has 1 aliphatic heterocycles. The first-order valence-corrected chi connectivity index (χ1v) is 4.76. The van der Waals surface area contributed by atoms with Gasteiger partial charge in [0.15, 0.2) is 0 Å². The number of amides is 2. The number of unbranched alkanes of at least 4 members (excludes halogenated alkanes) is 1. The zero-order valence-electron chi connectivity index (χ0n) is 8.21. The average Bonchev–Trinajstić information content (AvgIpc) is 2.46. The minimum atomic E-state index is -0.351. The summed E-state index contributed by atoms with van der Waals surface area (Å²) in [6.07, 6.45) is 2.63. The van der Waals surface area contributed by atoms with Crippen molar-refractivity contribution in [2.75, 3.05) is 0 Å². The predicted octanol–water partition coefficient (Wildman–Crippen LogP) is 1.23.